The summed E-state index contributed by atoms with van der Waals surface area (Å²) in [5, 5.41) is 8.86. The Hall–Kier alpha value is -2.04. The average molecular weight is 292 g/mol. The van der Waals surface area contributed by atoms with E-state index in [9.17, 15) is 9.59 Å². The lowest BCUT2D eigenvalue weighted by molar-refractivity contribution is 0.0696. The van der Waals surface area contributed by atoms with Crippen LogP contribution in [0, 0.1) is 0 Å². The summed E-state index contributed by atoms with van der Waals surface area (Å²) >= 11 is 0. The zero-order valence-corrected chi connectivity index (χ0v) is 13.2. The first-order valence-electron chi connectivity index (χ1n) is 7.20. The van der Waals surface area contributed by atoms with Crippen molar-refractivity contribution in [3.05, 3.63) is 35.4 Å². The molecular weight excluding hydrogens is 268 g/mol. The fraction of sp³-hybridized carbons (Fsp3) is 0.500. The van der Waals surface area contributed by atoms with Crippen molar-refractivity contribution in [2.75, 3.05) is 14.1 Å². The molecule has 0 radical (unpaired) electrons. The van der Waals surface area contributed by atoms with Crippen molar-refractivity contribution in [2.24, 2.45) is 0 Å². The van der Waals surface area contributed by atoms with Gasteiger partial charge in [-0.3, -0.25) is 0 Å². The van der Waals surface area contributed by atoms with E-state index >= 15 is 0 Å². The number of carboxylic acids is 1. The van der Waals surface area contributed by atoms with E-state index in [2.05, 4.69) is 13.8 Å². The van der Waals surface area contributed by atoms with Crippen LogP contribution in [0.2, 0.25) is 0 Å². The third kappa shape index (κ3) is 4.48. The number of aromatic carboxylic acids is 1. The van der Waals surface area contributed by atoms with E-state index in [0.717, 1.165) is 18.4 Å². The second-order valence-electron chi connectivity index (χ2n) is 5.22. The van der Waals surface area contributed by atoms with Gasteiger partial charge in [-0.2, -0.15) is 0 Å². The topological polar surface area (TPSA) is 60.9 Å². The summed E-state index contributed by atoms with van der Waals surface area (Å²) in [6, 6.07) is 6.82. The summed E-state index contributed by atoms with van der Waals surface area (Å²) in [4.78, 5) is 26.6. The van der Waals surface area contributed by atoms with Crippen molar-refractivity contribution in [1.82, 2.24) is 9.80 Å². The number of amides is 2. The number of hydrogen-bond acceptors (Lipinski definition) is 2. The predicted molar refractivity (Wildman–Crippen MR) is 82.4 cm³/mol. The van der Waals surface area contributed by atoms with Crippen LogP contribution in [0.3, 0.4) is 0 Å². The molecule has 21 heavy (non-hydrogen) atoms. The number of carbonyl (C=O) groups is 2. The Kier molecular flexibility index (Phi) is 6.21. The zero-order chi connectivity index (χ0) is 16.0. The molecule has 5 nitrogen and oxygen atoms in total. The van der Waals surface area contributed by atoms with Crippen LogP contribution in [0.25, 0.3) is 0 Å². The largest absolute Gasteiger partial charge is 0.478 e. The van der Waals surface area contributed by atoms with Crippen molar-refractivity contribution in [2.45, 2.75) is 39.3 Å². The van der Waals surface area contributed by atoms with E-state index < -0.39 is 5.97 Å². The standard InChI is InChI=1S/C16H24N2O3/c1-5-14(6-2)18(4)16(21)17(3)11-12-7-9-13(10-8-12)15(19)20/h7-10,14H,5-6,11H2,1-4H3,(H,19,20). The van der Waals surface area contributed by atoms with Gasteiger partial charge in [0, 0.05) is 26.7 Å². The van der Waals surface area contributed by atoms with Gasteiger partial charge < -0.3 is 14.9 Å². The maximum atomic E-state index is 12.3. The summed E-state index contributed by atoms with van der Waals surface area (Å²) in [7, 11) is 3.58. The Morgan fingerprint density at radius 2 is 1.62 bits per heavy atom. The van der Waals surface area contributed by atoms with Gasteiger partial charge in [-0.1, -0.05) is 26.0 Å². The lowest BCUT2D eigenvalue weighted by Gasteiger charge is -2.30. The van der Waals surface area contributed by atoms with Gasteiger partial charge in [0.25, 0.3) is 0 Å². The van der Waals surface area contributed by atoms with Crippen LogP contribution in [-0.4, -0.2) is 47.0 Å². The number of nitrogens with zero attached hydrogens (tertiary/aromatic N) is 2. The number of carboxylic acid groups (broad SMARTS) is 1. The normalized spacial score (nSPS) is 10.5. The molecule has 0 aromatic heterocycles. The van der Waals surface area contributed by atoms with Crippen molar-refractivity contribution < 1.29 is 14.7 Å². The highest BCUT2D eigenvalue weighted by molar-refractivity contribution is 5.87. The molecule has 0 aliphatic rings. The molecular formula is C16H24N2O3. The van der Waals surface area contributed by atoms with E-state index in [-0.39, 0.29) is 17.6 Å². The first-order valence-corrected chi connectivity index (χ1v) is 7.20. The van der Waals surface area contributed by atoms with Crippen molar-refractivity contribution >= 4 is 12.0 Å². The van der Waals surface area contributed by atoms with Crippen LogP contribution in [0.1, 0.15) is 42.6 Å². The average Bonchev–Trinajstić information content (AvgIpc) is 2.48. The Morgan fingerprint density at radius 1 is 1.10 bits per heavy atom. The molecule has 0 heterocycles. The van der Waals surface area contributed by atoms with Gasteiger partial charge in [0.2, 0.25) is 0 Å². The Balaban J connectivity index is 2.69. The number of rotatable bonds is 6. The summed E-state index contributed by atoms with van der Waals surface area (Å²) < 4.78 is 0. The molecule has 0 unspecified atom stereocenters. The molecule has 0 saturated heterocycles. The van der Waals surface area contributed by atoms with Crippen LogP contribution in [0.4, 0.5) is 4.79 Å². The smallest absolute Gasteiger partial charge is 0.335 e. The maximum absolute atomic E-state index is 12.3. The minimum absolute atomic E-state index is 0.0222. The molecule has 0 aliphatic carbocycles. The molecule has 1 aromatic carbocycles. The molecule has 0 fully saturated rings. The van der Waals surface area contributed by atoms with Crippen molar-refractivity contribution in [3.8, 4) is 0 Å². The van der Waals surface area contributed by atoms with E-state index in [4.69, 9.17) is 5.11 Å². The first-order chi connectivity index (χ1) is 9.90. The van der Waals surface area contributed by atoms with Crippen LogP contribution < -0.4 is 0 Å². The third-order valence-electron chi connectivity index (χ3n) is 3.74. The molecule has 0 bridgehead atoms. The fourth-order valence-electron chi connectivity index (χ4n) is 2.36. The van der Waals surface area contributed by atoms with E-state index in [1.165, 1.54) is 0 Å². The van der Waals surface area contributed by atoms with E-state index in [1.54, 1.807) is 41.1 Å². The predicted octanol–water partition coefficient (Wildman–Crippen LogP) is 3.06. The Labute approximate surface area is 126 Å². The monoisotopic (exact) mass is 292 g/mol. The van der Waals surface area contributed by atoms with Gasteiger partial charge in [-0.25, -0.2) is 9.59 Å². The molecule has 116 valence electrons. The van der Waals surface area contributed by atoms with Gasteiger partial charge >= 0.3 is 12.0 Å². The summed E-state index contributed by atoms with van der Waals surface area (Å²) in [5.74, 6) is -0.945. The third-order valence-corrected chi connectivity index (χ3v) is 3.74. The number of carbonyl (C=O) groups excluding carboxylic acids is 1. The summed E-state index contributed by atoms with van der Waals surface area (Å²) in [6.45, 7) is 4.61. The highest BCUT2D eigenvalue weighted by atomic mass is 16.4. The molecule has 0 saturated carbocycles. The summed E-state index contributed by atoms with van der Waals surface area (Å²) in [5.41, 5.74) is 1.16. The van der Waals surface area contributed by atoms with Gasteiger partial charge in [0.15, 0.2) is 0 Å². The van der Waals surface area contributed by atoms with Gasteiger partial charge in [0.05, 0.1) is 5.56 Å². The molecule has 1 N–H and O–H groups in total. The van der Waals surface area contributed by atoms with Crippen molar-refractivity contribution in [3.63, 3.8) is 0 Å². The molecule has 0 spiro atoms. The second kappa shape index (κ2) is 7.67. The van der Waals surface area contributed by atoms with Crippen LogP contribution >= 0.6 is 0 Å². The SMILES string of the molecule is CCC(CC)N(C)C(=O)N(C)Cc1ccc(C(=O)O)cc1. The number of urea groups is 1. The zero-order valence-electron chi connectivity index (χ0n) is 13.2. The van der Waals surface area contributed by atoms with E-state index in [1.807, 2.05) is 7.05 Å². The molecule has 1 aromatic rings. The minimum Gasteiger partial charge on any atom is -0.478 e. The van der Waals surface area contributed by atoms with Crippen LogP contribution in [0.15, 0.2) is 24.3 Å². The van der Waals surface area contributed by atoms with E-state index in [0.29, 0.717) is 6.54 Å². The molecule has 5 heteroatoms. The van der Waals surface area contributed by atoms with Gasteiger partial charge in [0.1, 0.15) is 0 Å². The van der Waals surface area contributed by atoms with Crippen LogP contribution in [0.5, 0.6) is 0 Å². The summed E-state index contributed by atoms with van der Waals surface area (Å²) in [6.07, 6.45) is 1.86. The highest BCUT2D eigenvalue weighted by Crippen LogP contribution is 2.12. The molecule has 0 aliphatic heterocycles. The van der Waals surface area contributed by atoms with Crippen molar-refractivity contribution in [1.29, 1.82) is 0 Å². The highest BCUT2D eigenvalue weighted by Gasteiger charge is 2.20. The molecule has 2 amide bonds. The van der Waals surface area contributed by atoms with Crippen LogP contribution in [-0.2, 0) is 6.54 Å². The molecule has 0 atom stereocenters. The van der Waals surface area contributed by atoms with Gasteiger partial charge in [-0.15, -0.1) is 0 Å². The number of benzene rings is 1. The lowest BCUT2D eigenvalue weighted by Crippen LogP contribution is -2.43. The minimum atomic E-state index is -0.945. The Bertz CT molecular complexity index is 481. The lowest BCUT2D eigenvalue weighted by atomic mass is 10.1. The number of hydrogen-bond donors (Lipinski definition) is 1. The maximum Gasteiger partial charge on any atom is 0.335 e. The first kappa shape index (κ1) is 17.0. The Morgan fingerprint density at radius 3 is 2.05 bits per heavy atom. The molecule has 1 rings (SSSR count). The fourth-order valence-corrected chi connectivity index (χ4v) is 2.36. The van der Waals surface area contributed by atoms with Gasteiger partial charge in [-0.05, 0) is 30.5 Å². The quantitative estimate of drug-likeness (QED) is 0.876. The second-order valence-corrected chi connectivity index (χ2v) is 5.22.